The first kappa shape index (κ1) is 12.5. The molecule has 0 aromatic heterocycles. The molecule has 0 heterocycles. The van der Waals surface area contributed by atoms with Crippen LogP contribution < -0.4 is 5.32 Å². The lowest BCUT2D eigenvalue weighted by Crippen LogP contribution is -2.40. The van der Waals surface area contributed by atoms with Gasteiger partial charge in [-0.05, 0) is 33.9 Å². The van der Waals surface area contributed by atoms with E-state index in [1.54, 1.807) is 0 Å². The number of amides is 1. The molecular weight excluding hydrogens is 190 g/mol. The Morgan fingerprint density at radius 3 is 2.53 bits per heavy atom. The predicted octanol–water partition coefficient (Wildman–Crippen LogP) is 0.149. The van der Waals surface area contributed by atoms with E-state index in [2.05, 4.69) is 17.1 Å². The average molecular weight is 213 g/mol. The molecule has 1 fully saturated rings. The zero-order valence-corrected chi connectivity index (χ0v) is 10.1. The van der Waals surface area contributed by atoms with Gasteiger partial charge in [-0.1, -0.05) is 0 Å². The number of carbonyl (C=O) groups excluding carboxylic acids is 1. The molecule has 1 aliphatic rings. The highest BCUT2D eigenvalue weighted by Crippen LogP contribution is 2.26. The maximum absolute atomic E-state index is 11.8. The van der Waals surface area contributed by atoms with E-state index in [9.17, 15) is 4.79 Å². The number of nitrogens with one attached hydrogen (secondary N) is 1. The van der Waals surface area contributed by atoms with Crippen LogP contribution in [0.4, 0.5) is 0 Å². The SMILES string of the molecule is CCN(C(=O)CNCCN(C)C)C1CC1. The fraction of sp³-hybridized carbons (Fsp3) is 0.909. The molecule has 1 saturated carbocycles. The van der Waals surface area contributed by atoms with Gasteiger partial charge in [0.1, 0.15) is 0 Å². The number of rotatable bonds is 7. The van der Waals surface area contributed by atoms with Crippen molar-refractivity contribution in [3.63, 3.8) is 0 Å². The fourth-order valence-electron chi connectivity index (χ4n) is 1.62. The van der Waals surface area contributed by atoms with Gasteiger partial charge in [-0.2, -0.15) is 0 Å². The topological polar surface area (TPSA) is 35.6 Å². The van der Waals surface area contributed by atoms with Crippen LogP contribution in [0.15, 0.2) is 0 Å². The van der Waals surface area contributed by atoms with Gasteiger partial charge in [0, 0.05) is 25.7 Å². The van der Waals surface area contributed by atoms with Crippen LogP contribution in [-0.2, 0) is 4.79 Å². The van der Waals surface area contributed by atoms with Crippen LogP contribution in [0.3, 0.4) is 0 Å². The number of hydrogen-bond acceptors (Lipinski definition) is 3. The molecule has 0 spiro atoms. The highest BCUT2D eigenvalue weighted by atomic mass is 16.2. The third-order valence-corrected chi connectivity index (χ3v) is 2.66. The summed E-state index contributed by atoms with van der Waals surface area (Å²) in [5.74, 6) is 0.249. The molecule has 0 atom stereocenters. The molecule has 4 nitrogen and oxygen atoms in total. The van der Waals surface area contributed by atoms with Crippen LogP contribution in [0.1, 0.15) is 19.8 Å². The second-order valence-electron chi connectivity index (χ2n) is 4.39. The highest BCUT2D eigenvalue weighted by Gasteiger charge is 2.30. The van der Waals surface area contributed by atoms with Crippen molar-refractivity contribution in [3.05, 3.63) is 0 Å². The Bertz CT molecular complexity index is 202. The molecule has 0 aromatic rings. The standard InChI is InChI=1S/C11H23N3O/c1-4-14(10-5-6-10)11(15)9-12-7-8-13(2)3/h10,12H,4-9H2,1-3H3. The number of likely N-dealkylation sites (N-methyl/N-ethyl adjacent to an activating group) is 2. The quantitative estimate of drug-likeness (QED) is 0.611. The molecule has 1 aliphatic carbocycles. The summed E-state index contributed by atoms with van der Waals surface area (Å²) in [6, 6.07) is 0.540. The van der Waals surface area contributed by atoms with Crippen molar-refractivity contribution in [2.75, 3.05) is 40.3 Å². The van der Waals surface area contributed by atoms with E-state index in [4.69, 9.17) is 0 Å². The van der Waals surface area contributed by atoms with E-state index in [-0.39, 0.29) is 5.91 Å². The van der Waals surface area contributed by atoms with Crippen LogP contribution in [0.5, 0.6) is 0 Å². The van der Waals surface area contributed by atoms with Gasteiger partial charge in [0.05, 0.1) is 6.54 Å². The van der Waals surface area contributed by atoms with Gasteiger partial charge in [-0.25, -0.2) is 0 Å². The normalized spacial score (nSPS) is 15.7. The predicted molar refractivity (Wildman–Crippen MR) is 61.8 cm³/mol. The van der Waals surface area contributed by atoms with E-state index in [0.29, 0.717) is 12.6 Å². The van der Waals surface area contributed by atoms with Crippen LogP contribution in [0.25, 0.3) is 0 Å². The molecule has 4 heteroatoms. The summed E-state index contributed by atoms with van der Waals surface area (Å²) in [6.07, 6.45) is 2.38. The van der Waals surface area contributed by atoms with Crippen LogP contribution in [-0.4, -0.2) is 62.0 Å². The minimum absolute atomic E-state index is 0.249. The summed E-state index contributed by atoms with van der Waals surface area (Å²) < 4.78 is 0. The molecule has 0 aromatic carbocycles. The number of nitrogens with zero attached hydrogens (tertiary/aromatic N) is 2. The molecule has 88 valence electrons. The van der Waals surface area contributed by atoms with E-state index in [1.807, 2.05) is 19.0 Å². The highest BCUT2D eigenvalue weighted by molar-refractivity contribution is 5.78. The van der Waals surface area contributed by atoms with Crippen molar-refractivity contribution in [2.45, 2.75) is 25.8 Å². The Morgan fingerprint density at radius 1 is 1.40 bits per heavy atom. The van der Waals surface area contributed by atoms with E-state index >= 15 is 0 Å². The Balaban J connectivity index is 2.11. The van der Waals surface area contributed by atoms with Crippen LogP contribution in [0, 0.1) is 0 Å². The lowest BCUT2D eigenvalue weighted by Gasteiger charge is -2.20. The minimum atomic E-state index is 0.249. The van der Waals surface area contributed by atoms with Crippen molar-refractivity contribution in [1.82, 2.24) is 15.1 Å². The molecule has 0 unspecified atom stereocenters. The van der Waals surface area contributed by atoms with Gasteiger partial charge >= 0.3 is 0 Å². The van der Waals surface area contributed by atoms with E-state index < -0.39 is 0 Å². The van der Waals surface area contributed by atoms with Gasteiger partial charge in [-0.15, -0.1) is 0 Å². The smallest absolute Gasteiger partial charge is 0.236 e. The molecule has 0 radical (unpaired) electrons. The van der Waals surface area contributed by atoms with Gasteiger partial charge in [0.2, 0.25) is 5.91 Å². The molecule has 1 rings (SSSR count). The fourth-order valence-corrected chi connectivity index (χ4v) is 1.62. The third-order valence-electron chi connectivity index (χ3n) is 2.66. The summed E-state index contributed by atoms with van der Waals surface area (Å²) >= 11 is 0. The zero-order valence-electron chi connectivity index (χ0n) is 10.1. The Labute approximate surface area is 92.6 Å². The molecule has 0 bridgehead atoms. The van der Waals surface area contributed by atoms with Crippen molar-refractivity contribution in [3.8, 4) is 0 Å². The summed E-state index contributed by atoms with van der Waals surface area (Å²) in [5.41, 5.74) is 0. The molecular formula is C11H23N3O. The van der Waals surface area contributed by atoms with Gasteiger partial charge in [-0.3, -0.25) is 4.79 Å². The Hall–Kier alpha value is -0.610. The van der Waals surface area contributed by atoms with Crippen molar-refractivity contribution in [1.29, 1.82) is 0 Å². The summed E-state index contributed by atoms with van der Waals surface area (Å²) in [7, 11) is 4.07. The average Bonchev–Trinajstić information content (AvgIpc) is 2.97. The largest absolute Gasteiger partial charge is 0.339 e. The van der Waals surface area contributed by atoms with Crippen molar-refractivity contribution >= 4 is 5.91 Å². The van der Waals surface area contributed by atoms with Gasteiger partial charge in [0.25, 0.3) is 0 Å². The molecule has 15 heavy (non-hydrogen) atoms. The monoisotopic (exact) mass is 213 g/mol. The molecule has 1 amide bonds. The Kier molecular flexibility index (Phi) is 5.05. The second kappa shape index (κ2) is 6.08. The van der Waals surface area contributed by atoms with Crippen molar-refractivity contribution < 1.29 is 4.79 Å². The second-order valence-corrected chi connectivity index (χ2v) is 4.39. The first-order chi connectivity index (χ1) is 7.15. The maximum Gasteiger partial charge on any atom is 0.236 e. The lowest BCUT2D eigenvalue weighted by molar-refractivity contribution is -0.130. The first-order valence-electron chi connectivity index (χ1n) is 5.80. The van der Waals surface area contributed by atoms with Crippen LogP contribution in [0.2, 0.25) is 0 Å². The van der Waals surface area contributed by atoms with Crippen molar-refractivity contribution in [2.24, 2.45) is 0 Å². The minimum Gasteiger partial charge on any atom is -0.339 e. The first-order valence-corrected chi connectivity index (χ1v) is 5.80. The third kappa shape index (κ3) is 4.62. The lowest BCUT2D eigenvalue weighted by atomic mass is 10.4. The van der Waals surface area contributed by atoms with Crippen LogP contribution >= 0.6 is 0 Å². The molecule has 1 N–H and O–H groups in total. The summed E-state index contributed by atoms with van der Waals surface area (Å²) in [5, 5.41) is 3.18. The van der Waals surface area contributed by atoms with Gasteiger partial charge in [0.15, 0.2) is 0 Å². The molecule has 0 saturated heterocycles. The van der Waals surface area contributed by atoms with Gasteiger partial charge < -0.3 is 15.1 Å². The van der Waals surface area contributed by atoms with E-state index in [0.717, 1.165) is 19.6 Å². The summed E-state index contributed by atoms with van der Waals surface area (Å²) in [6.45, 7) is 5.23. The molecule has 0 aliphatic heterocycles. The number of carbonyl (C=O) groups is 1. The van der Waals surface area contributed by atoms with E-state index in [1.165, 1.54) is 12.8 Å². The maximum atomic E-state index is 11.8. The Morgan fingerprint density at radius 2 is 2.07 bits per heavy atom. The number of hydrogen-bond donors (Lipinski definition) is 1. The zero-order chi connectivity index (χ0) is 11.3. The summed E-state index contributed by atoms with van der Waals surface area (Å²) in [4.78, 5) is 15.8.